The molecule has 0 amide bonds. The Labute approximate surface area is 161 Å². The molecule has 3 rings (SSSR count). The quantitative estimate of drug-likeness (QED) is 0.422. The first kappa shape index (κ1) is 19.3. The van der Waals surface area contributed by atoms with Crippen molar-refractivity contribution >= 4 is 21.6 Å². The number of benzene rings is 2. The van der Waals surface area contributed by atoms with E-state index in [9.17, 15) is 12.8 Å². The van der Waals surface area contributed by atoms with Gasteiger partial charge in [0.2, 0.25) is 0 Å². The fourth-order valence-corrected chi connectivity index (χ4v) is 4.67. The van der Waals surface area contributed by atoms with Crippen molar-refractivity contribution in [2.24, 2.45) is 0 Å². The smallest absolute Gasteiger partial charge is 0.191 e. The summed E-state index contributed by atoms with van der Waals surface area (Å²) in [7, 11) is -3.52. The van der Waals surface area contributed by atoms with Crippen LogP contribution in [0.3, 0.4) is 0 Å². The van der Waals surface area contributed by atoms with Crippen molar-refractivity contribution in [2.75, 3.05) is 0 Å². The van der Waals surface area contributed by atoms with Crippen LogP contribution in [0.2, 0.25) is 0 Å². The molecule has 0 fully saturated rings. The third-order valence-electron chi connectivity index (χ3n) is 3.81. The van der Waals surface area contributed by atoms with Crippen LogP contribution >= 0.6 is 11.8 Å². The highest BCUT2D eigenvalue weighted by molar-refractivity contribution is 7.98. The largest absolute Gasteiger partial charge is 0.301 e. The molecule has 2 aromatic carbocycles. The summed E-state index contributed by atoms with van der Waals surface area (Å²) in [6.45, 7) is 4.12. The molecule has 0 saturated carbocycles. The summed E-state index contributed by atoms with van der Waals surface area (Å²) in [6.07, 6.45) is 1.67. The van der Waals surface area contributed by atoms with Crippen LogP contribution in [0, 0.1) is 5.82 Å². The summed E-state index contributed by atoms with van der Waals surface area (Å²) in [5.74, 6) is 0.406. The van der Waals surface area contributed by atoms with E-state index in [1.54, 1.807) is 53.1 Å². The molecule has 0 radical (unpaired) electrons. The number of nitrogens with zero attached hydrogens (tertiary/aromatic N) is 3. The van der Waals surface area contributed by atoms with Crippen LogP contribution in [-0.2, 0) is 27.9 Å². The maximum atomic E-state index is 13.0. The maximum absolute atomic E-state index is 13.0. The lowest BCUT2D eigenvalue weighted by Gasteiger charge is -2.08. The van der Waals surface area contributed by atoms with E-state index < -0.39 is 9.84 Å². The van der Waals surface area contributed by atoms with Gasteiger partial charge in [-0.3, -0.25) is 0 Å². The Hall–Kier alpha value is -2.45. The van der Waals surface area contributed by atoms with Gasteiger partial charge in [-0.2, -0.15) is 0 Å². The molecular formula is C19H18FN3O2S2. The Morgan fingerprint density at radius 1 is 1.07 bits per heavy atom. The molecule has 140 valence electrons. The predicted molar refractivity (Wildman–Crippen MR) is 104 cm³/mol. The predicted octanol–water partition coefficient (Wildman–Crippen LogP) is 3.87. The van der Waals surface area contributed by atoms with E-state index in [1.165, 1.54) is 23.9 Å². The summed E-state index contributed by atoms with van der Waals surface area (Å²) < 4.78 is 40.0. The minimum Gasteiger partial charge on any atom is -0.301 e. The van der Waals surface area contributed by atoms with Crippen molar-refractivity contribution in [1.29, 1.82) is 0 Å². The monoisotopic (exact) mass is 403 g/mol. The highest BCUT2D eigenvalue weighted by Crippen LogP contribution is 2.24. The molecule has 5 nitrogen and oxygen atoms in total. The van der Waals surface area contributed by atoms with Gasteiger partial charge in [0.15, 0.2) is 15.0 Å². The number of hydrogen-bond donors (Lipinski definition) is 0. The molecule has 8 heteroatoms. The highest BCUT2D eigenvalue weighted by atomic mass is 32.2. The third kappa shape index (κ3) is 4.84. The zero-order valence-electron chi connectivity index (χ0n) is 14.5. The lowest BCUT2D eigenvalue weighted by atomic mass is 10.2. The fourth-order valence-electron chi connectivity index (χ4n) is 2.45. The minimum absolute atomic E-state index is 0.241. The average Bonchev–Trinajstić information content (AvgIpc) is 3.03. The van der Waals surface area contributed by atoms with E-state index in [1.807, 2.05) is 0 Å². The number of hydrogen-bond acceptors (Lipinski definition) is 5. The second-order valence-corrected chi connectivity index (χ2v) is 8.72. The van der Waals surface area contributed by atoms with E-state index in [0.29, 0.717) is 23.3 Å². The van der Waals surface area contributed by atoms with Crippen molar-refractivity contribution in [2.45, 2.75) is 28.1 Å². The molecule has 0 aliphatic rings. The van der Waals surface area contributed by atoms with Gasteiger partial charge in [-0.25, -0.2) is 12.8 Å². The number of halogens is 1. The first-order valence-corrected chi connectivity index (χ1v) is 10.8. The zero-order chi connectivity index (χ0) is 19.3. The fraction of sp³-hybridized carbons (Fsp3) is 0.158. The van der Waals surface area contributed by atoms with Gasteiger partial charge in [0.25, 0.3) is 0 Å². The van der Waals surface area contributed by atoms with Gasteiger partial charge in [0.05, 0.1) is 4.90 Å². The van der Waals surface area contributed by atoms with Crippen LogP contribution in [-0.4, -0.2) is 23.2 Å². The maximum Gasteiger partial charge on any atom is 0.191 e. The summed E-state index contributed by atoms with van der Waals surface area (Å²) in [5.41, 5.74) is 0.938. The van der Waals surface area contributed by atoms with E-state index >= 15 is 0 Å². The second-order valence-electron chi connectivity index (χ2n) is 5.79. The van der Waals surface area contributed by atoms with Crippen molar-refractivity contribution in [3.8, 4) is 0 Å². The summed E-state index contributed by atoms with van der Waals surface area (Å²) in [6, 6.07) is 14.5. The van der Waals surface area contributed by atoms with Crippen LogP contribution in [0.1, 0.15) is 11.4 Å². The zero-order valence-corrected chi connectivity index (χ0v) is 16.1. The Bertz CT molecular complexity index is 1020. The van der Waals surface area contributed by atoms with Gasteiger partial charge < -0.3 is 4.57 Å². The molecule has 0 N–H and O–H groups in total. The van der Waals surface area contributed by atoms with Crippen LogP contribution in [0.4, 0.5) is 4.39 Å². The number of thioether (sulfide) groups is 1. The van der Waals surface area contributed by atoms with Crippen molar-refractivity contribution in [3.05, 3.63) is 84.5 Å². The topological polar surface area (TPSA) is 64.8 Å². The van der Waals surface area contributed by atoms with Gasteiger partial charge in [0.1, 0.15) is 17.4 Å². The van der Waals surface area contributed by atoms with E-state index in [0.717, 1.165) is 5.56 Å². The Morgan fingerprint density at radius 3 is 2.44 bits per heavy atom. The second kappa shape index (κ2) is 8.49. The van der Waals surface area contributed by atoms with Crippen LogP contribution < -0.4 is 0 Å². The van der Waals surface area contributed by atoms with Crippen LogP contribution in [0.25, 0.3) is 0 Å². The van der Waals surface area contributed by atoms with Gasteiger partial charge in [-0.05, 0) is 29.8 Å². The molecule has 0 saturated heterocycles. The number of sulfone groups is 1. The number of allylic oxidation sites excluding steroid dienone is 1. The standard InChI is InChI=1S/C19H18FN3O2S2/c1-2-12-23-18(14-27(24,25)17-6-4-3-5-7-17)21-22-19(23)26-13-15-8-10-16(20)11-9-15/h2-11H,1,12-14H2. The highest BCUT2D eigenvalue weighted by Gasteiger charge is 2.21. The molecule has 0 atom stereocenters. The van der Waals surface area contributed by atoms with Gasteiger partial charge in [-0.1, -0.05) is 48.2 Å². The summed E-state index contributed by atoms with van der Waals surface area (Å²) >= 11 is 1.41. The first-order valence-electron chi connectivity index (χ1n) is 8.17. The van der Waals surface area contributed by atoms with E-state index in [-0.39, 0.29) is 16.5 Å². The first-order chi connectivity index (χ1) is 13.0. The van der Waals surface area contributed by atoms with Crippen LogP contribution in [0.5, 0.6) is 0 Å². The van der Waals surface area contributed by atoms with Gasteiger partial charge >= 0.3 is 0 Å². The lowest BCUT2D eigenvalue weighted by Crippen LogP contribution is -2.11. The average molecular weight is 404 g/mol. The van der Waals surface area contributed by atoms with E-state index in [2.05, 4.69) is 16.8 Å². The van der Waals surface area contributed by atoms with Crippen molar-refractivity contribution < 1.29 is 12.8 Å². The van der Waals surface area contributed by atoms with E-state index in [4.69, 9.17) is 0 Å². The number of rotatable bonds is 8. The summed E-state index contributed by atoms with van der Waals surface area (Å²) in [5, 5.41) is 8.81. The van der Waals surface area contributed by atoms with Crippen molar-refractivity contribution in [1.82, 2.24) is 14.8 Å². The molecule has 0 unspecified atom stereocenters. The third-order valence-corrected chi connectivity index (χ3v) is 6.47. The normalized spacial score (nSPS) is 11.4. The molecule has 0 aliphatic carbocycles. The van der Waals surface area contributed by atoms with Gasteiger partial charge in [-0.15, -0.1) is 16.8 Å². The minimum atomic E-state index is -3.52. The molecule has 0 spiro atoms. The Kier molecular flexibility index (Phi) is 6.08. The SMILES string of the molecule is C=CCn1c(CS(=O)(=O)c2ccccc2)nnc1SCc1ccc(F)cc1. The van der Waals surface area contributed by atoms with Crippen molar-refractivity contribution in [3.63, 3.8) is 0 Å². The molecule has 3 aromatic rings. The molecule has 1 aromatic heterocycles. The molecule has 0 aliphatic heterocycles. The molecular weight excluding hydrogens is 385 g/mol. The molecule has 0 bridgehead atoms. The summed E-state index contributed by atoms with van der Waals surface area (Å²) in [4.78, 5) is 0.249. The lowest BCUT2D eigenvalue weighted by molar-refractivity contribution is 0.590. The Balaban J connectivity index is 1.80. The Morgan fingerprint density at radius 2 is 1.78 bits per heavy atom. The number of aromatic nitrogens is 3. The van der Waals surface area contributed by atoms with Gasteiger partial charge in [0, 0.05) is 12.3 Å². The molecule has 1 heterocycles. The van der Waals surface area contributed by atoms with Crippen LogP contribution in [0.15, 0.2) is 77.3 Å². The molecule has 27 heavy (non-hydrogen) atoms.